The molecule has 0 fully saturated rings. The van der Waals surface area contributed by atoms with E-state index < -0.39 is 0 Å². The van der Waals surface area contributed by atoms with E-state index in [1.54, 1.807) is 14.2 Å². The molecule has 0 amide bonds. The minimum absolute atomic E-state index is 0. The molecule has 162 valence electrons. The molecular formula is C20H36IN3O4. The first-order chi connectivity index (χ1) is 13.2. The molecule has 1 aromatic rings. The lowest BCUT2D eigenvalue weighted by atomic mass is 10.1. The molecule has 0 bridgehead atoms. The summed E-state index contributed by atoms with van der Waals surface area (Å²) >= 11 is 0. The van der Waals surface area contributed by atoms with E-state index in [-0.39, 0.29) is 24.0 Å². The van der Waals surface area contributed by atoms with Crippen LogP contribution in [0.2, 0.25) is 0 Å². The second-order valence-corrected chi connectivity index (χ2v) is 5.81. The summed E-state index contributed by atoms with van der Waals surface area (Å²) in [6.45, 7) is 8.78. The van der Waals surface area contributed by atoms with E-state index in [2.05, 4.69) is 28.6 Å². The van der Waals surface area contributed by atoms with Crippen LogP contribution in [0.25, 0.3) is 0 Å². The Morgan fingerprint density at radius 2 is 1.86 bits per heavy atom. The maximum absolute atomic E-state index is 5.63. The Bertz CT molecular complexity index is 544. The monoisotopic (exact) mass is 509 g/mol. The highest BCUT2D eigenvalue weighted by Crippen LogP contribution is 2.28. The average Bonchev–Trinajstić information content (AvgIpc) is 2.68. The van der Waals surface area contributed by atoms with Gasteiger partial charge in [0, 0.05) is 26.7 Å². The SMILES string of the molecule is CCNC(=NCCCc1ccc(OC)c(OCC)c1)NCCOCCOC.I. The van der Waals surface area contributed by atoms with Crippen molar-refractivity contribution in [2.45, 2.75) is 26.7 Å². The molecule has 2 N–H and O–H groups in total. The van der Waals surface area contributed by atoms with E-state index >= 15 is 0 Å². The number of benzene rings is 1. The highest BCUT2D eigenvalue weighted by molar-refractivity contribution is 14.0. The highest BCUT2D eigenvalue weighted by Gasteiger charge is 2.05. The van der Waals surface area contributed by atoms with E-state index in [0.29, 0.717) is 33.0 Å². The molecule has 0 radical (unpaired) electrons. The molecule has 1 aromatic carbocycles. The number of nitrogens with one attached hydrogen (secondary N) is 2. The van der Waals surface area contributed by atoms with Crippen LogP contribution in [0, 0.1) is 0 Å². The third kappa shape index (κ3) is 11.6. The van der Waals surface area contributed by atoms with Gasteiger partial charge in [-0.05, 0) is 44.4 Å². The summed E-state index contributed by atoms with van der Waals surface area (Å²) in [5.74, 6) is 2.38. The van der Waals surface area contributed by atoms with Gasteiger partial charge in [0.1, 0.15) is 0 Å². The Hall–Kier alpha value is -1.26. The van der Waals surface area contributed by atoms with E-state index in [1.165, 1.54) is 5.56 Å². The number of ether oxygens (including phenoxy) is 4. The van der Waals surface area contributed by atoms with Crippen molar-refractivity contribution in [1.29, 1.82) is 0 Å². The van der Waals surface area contributed by atoms with E-state index in [4.69, 9.17) is 18.9 Å². The van der Waals surface area contributed by atoms with Crippen molar-refractivity contribution < 1.29 is 18.9 Å². The number of hydrogen-bond donors (Lipinski definition) is 2. The van der Waals surface area contributed by atoms with Crippen LogP contribution in [0.3, 0.4) is 0 Å². The number of methoxy groups -OCH3 is 2. The summed E-state index contributed by atoms with van der Waals surface area (Å²) in [6.07, 6.45) is 1.89. The van der Waals surface area contributed by atoms with Crippen molar-refractivity contribution in [3.63, 3.8) is 0 Å². The summed E-state index contributed by atoms with van der Waals surface area (Å²) < 4.78 is 21.3. The highest BCUT2D eigenvalue weighted by atomic mass is 127. The summed E-state index contributed by atoms with van der Waals surface area (Å²) in [5, 5.41) is 6.52. The number of hydrogen-bond acceptors (Lipinski definition) is 5. The fourth-order valence-corrected chi connectivity index (χ4v) is 2.45. The third-order valence-electron chi connectivity index (χ3n) is 3.74. The average molecular weight is 509 g/mol. The Kier molecular flexibility index (Phi) is 17.0. The number of rotatable bonds is 14. The molecule has 7 nitrogen and oxygen atoms in total. The van der Waals surface area contributed by atoms with Crippen LogP contribution in [0.4, 0.5) is 0 Å². The number of halogens is 1. The van der Waals surface area contributed by atoms with E-state index in [0.717, 1.165) is 43.4 Å². The second kappa shape index (κ2) is 17.8. The molecule has 0 unspecified atom stereocenters. The first-order valence-electron chi connectivity index (χ1n) is 9.63. The predicted molar refractivity (Wildman–Crippen MR) is 125 cm³/mol. The van der Waals surface area contributed by atoms with Crippen LogP contribution in [0.5, 0.6) is 11.5 Å². The van der Waals surface area contributed by atoms with Crippen LogP contribution in [-0.2, 0) is 15.9 Å². The van der Waals surface area contributed by atoms with Crippen molar-refractivity contribution >= 4 is 29.9 Å². The van der Waals surface area contributed by atoms with Crippen molar-refractivity contribution in [3.05, 3.63) is 23.8 Å². The zero-order valence-electron chi connectivity index (χ0n) is 17.6. The third-order valence-corrected chi connectivity index (χ3v) is 3.74. The van der Waals surface area contributed by atoms with Crippen LogP contribution in [-0.4, -0.2) is 66.2 Å². The molecular weight excluding hydrogens is 473 g/mol. The van der Waals surface area contributed by atoms with Crippen molar-refractivity contribution in [1.82, 2.24) is 10.6 Å². The first-order valence-corrected chi connectivity index (χ1v) is 9.63. The minimum Gasteiger partial charge on any atom is -0.493 e. The van der Waals surface area contributed by atoms with E-state index in [1.807, 2.05) is 19.1 Å². The van der Waals surface area contributed by atoms with Crippen LogP contribution < -0.4 is 20.1 Å². The Morgan fingerprint density at radius 3 is 2.54 bits per heavy atom. The maximum Gasteiger partial charge on any atom is 0.191 e. The maximum atomic E-state index is 5.63. The van der Waals surface area contributed by atoms with Gasteiger partial charge in [0.2, 0.25) is 0 Å². The molecule has 0 aliphatic carbocycles. The van der Waals surface area contributed by atoms with Gasteiger partial charge in [-0.25, -0.2) is 0 Å². The Morgan fingerprint density at radius 1 is 1.04 bits per heavy atom. The fraction of sp³-hybridized carbons (Fsp3) is 0.650. The van der Waals surface area contributed by atoms with Gasteiger partial charge in [-0.3, -0.25) is 4.99 Å². The zero-order chi connectivity index (χ0) is 19.7. The Labute approximate surface area is 186 Å². The van der Waals surface area contributed by atoms with Gasteiger partial charge in [0.15, 0.2) is 17.5 Å². The van der Waals surface area contributed by atoms with E-state index in [9.17, 15) is 0 Å². The van der Waals surface area contributed by atoms with Gasteiger partial charge < -0.3 is 29.6 Å². The van der Waals surface area contributed by atoms with Crippen LogP contribution in [0.15, 0.2) is 23.2 Å². The molecule has 0 spiro atoms. The summed E-state index contributed by atoms with van der Waals surface area (Å²) in [6, 6.07) is 6.08. The lowest BCUT2D eigenvalue weighted by Gasteiger charge is -2.12. The minimum atomic E-state index is 0. The van der Waals surface area contributed by atoms with Crippen LogP contribution in [0.1, 0.15) is 25.8 Å². The fourth-order valence-electron chi connectivity index (χ4n) is 2.45. The smallest absolute Gasteiger partial charge is 0.191 e. The summed E-state index contributed by atoms with van der Waals surface area (Å²) in [7, 11) is 3.32. The van der Waals surface area contributed by atoms with Crippen molar-refractivity contribution in [2.75, 3.05) is 60.3 Å². The molecule has 0 saturated carbocycles. The lowest BCUT2D eigenvalue weighted by molar-refractivity contribution is 0.0733. The number of guanidine groups is 1. The topological polar surface area (TPSA) is 73.3 Å². The summed E-state index contributed by atoms with van der Waals surface area (Å²) in [4.78, 5) is 4.61. The van der Waals surface area contributed by atoms with Gasteiger partial charge in [-0.2, -0.15) is 0 Å². The largest absolute Gasteiger partial charge is 0.493 e. The van der Waals surface area contributed by atoms with Gasteiger partial charge >= 0.3 is 0 Å². The molecule has 0 aliphatic heterocycles. The molecule has 0 aliphatic rings. The molecule has 0 aromatic heterocycles. The number of aryl methyl sites for hydroxylation is 1. The van der Waals surface area contributed by atoms with Gasteiger partial charge in [-0.1, -0.05) is 6.07 Å². The Balaban J connectivity index is 0.00000729. The van der Waals surface area contributed by atoms with Crippen LogP contribution >= 0.6 is 24.0 Å². The molecule has 0 atom stereocenters. The molecule has 28 heavy (non-hydrogen) atoms. The van der Waals surface area contributed by atoms with Gasteiger partial charge in [0.05, 0.1) is 33.5 Å². The molecule has 8 heteroatoms. The van der Waals surface area contributed by atoms with Crippen molar-refractivity contribution in [3.8, 4) is 11.5 Å². The quantitative estimate of drug-likeness (QED) is 0.174. The zero-order valence-corrected chi connectivity index (χ0v) is 19.9. The standard InChI is InChI=1S/C20H35N3O4.HI/c1-5-21-20(23-12-13-26-15-14-24-3)22-11-7-8-17-9-10-18(25-4)19(16-17)27-6-2;/h9-10,16H,5-8,11-15H2,1-4H3,(H2,21,22,23);1H. The van der Waals surface area contributed by atoms with Crippen molar-refractivity contribution in [2.24, 2.45) is 4.99 Å². The molecule has 1 rings (SSSR count). The normalized spacial score (nSPS) is 10.9. The van der Waals surface area contributed by atoms with Gasteiger partial charge in [0.25, 0.3) is 0 Å². The lowest BCUT2D eigenvalue weighted by Crippen LogP contribution is -2.39. The number of nitrogens with zero attached hydrogens (tertiary/aromatic N) is 1. The molecule has 0 heterocycles. The summed E-state index contributed by atoms with van der Waals surface area (Å²) in [5.41, 5.74) is 1.22. The predicted octanol–water partition coefficient (Wildman–Crippen LogP) is 2.86. The molecule has 0 saturated heterocycles. The second-order valence-electron chi connectivity index (χ2n) is 5.81. The first kappa shape index (κ1) is 26.7. The van der Waals surface area contributed by atoms with Gasteiger partial charge in [-0.15, -0.1) is 24.0 Å². The number of aliphatic imine (C=N–C) groups is 1.